The van der Waals surface area contributed by atoms with Crippen molar-refractivity contribution >= 4 is 39.0 Å². The first-order chi connectivity index (χ1) is 6.20. The summed E-state index contributed by atoms with van der Waals surface area (Å²) in [6.07, 6.45) is 0. The Bertz CT molecular complexity index is 551. The lowest BCUT2D eigenvalue weighted by molar-refractivity contribution is 1.13. The molecule has 0 radical (unpaired) electrons. The Labute approximate surface area is 81.8 Å². The molecule has 7 heteroatoms. The molecule has 0 saturated heterocycles. The number of aromatic nitrogens is 3. The number of thiazole rings is 1. The highest BCUT2D eigenvalue weighted by Gasteiger charge is 2.05. The highest BCUT2D eigenvalue weighted by Crippen LogP contribution is 2.20. The maximum Gasteiger partial charge on any atom is 0.279 e. The van der Waals surface area contributed by atoms with E-state index in [1.807, 2.05) is 0 Å². The molecular formula is C6H6N4OS2. The molecule has 13 heavy (non-hydrogen) atoms. The molecule has 0 fully saturated rings. The average molecular weight is 214 g/mol. The fourth-order valence-corrected chi connectivity index (χ4v) is 2.04. The number of nitrogens with one attached hydrogen (secondary N) is 3. The van der Waals surface area contributed by atoms with E-state index in [-0.39, 0.29) is 5.56 Å². The molecule has 2 heterocycles. The first-order valence-corrected chi connectivity index (χ1v) is 4.74. The monoisotopic (exact) mass is 214 g/mol. The highest BCUT2D eigenvalue weighted by atomic mass is 32.1. The number of anilines is 1. The summed E-state index contributed by atoms with van der Waals surface area (Å²) in [7, 11) is 1.75. The van der Waals surface area contributed by atoms with Crippen LogP contribution < -0.4 is 10.9 Å². The van der Waals surface area contributed by atoms with E-state index >= 15 is 0 Å². The van der Waals surface area contributed by atoms with Gasteiger partial charge in [0, 0.05) is 7.05 Å². The molecule has 5 nitrogen and oxygen atoms in total. The van der Waals surface area contributed by atoms with Crippen LogP contribution in [0.25, 0.3) is 10.3 Å². The second-order valence-electron chi connectivity index (χ2n) is 2.35. The van der Waals surface area contributed by atoms with Crippen LogP contribution in [0.2, 0.25) is 0 Å². The van der Waals surface area contributed by atoms with Crippen LogP contribution >= 0.6 is 23.6 Å². The highest BCUT2D eigenvalue weighted by molar-refractivity contribution is 7.71. The first kappa shape index (κ1) is 8.39. The zero-order valence-corrected chi connectivity index (χ0v) is 8.30. The van der Waals surface area contributed by atoms with Crippen molar-refractivity contribution in [3.63, 3.8) is 0 Å². The van der Waals surface area contributed by atoms with Crippen molar-refractivity contribution in [1.82, 2.24) is 15.0 Å². The summed E-state index contributed by atoms with van der Waals surface area (Å²) in [5.41, 5.74) is 0.138. The van der Waals surface area contributed by atoms with Gasteiger partial charge in [0.05, 0.1) is 0 Å². The van der Waals surface area contributed by atoms with Gasteiger partial charge in [0.1, 0.15) is 4.83 Å². The normalized spacial score (nSPS) is 10.5. The number of aromatic amines is 2. The van der Waals surface area contributed by atoms with Gasteiger partial charge in [-0.05, 0) is 12.2 Å². The van der Waals surface area contributed by atoms with Crippen molar-refractivity contribution in [2.24, 2.45) is 0 Å². The van der Waals surface area contributed by atoms with Crippen LogP contribution in [0.1, 0.15) is 0 Å². The first-order valence-electron chi connectivity index (χ1n) is 3.51. The number of hydrogen-bond donors (Lipinski definition) is 3. The van der Waals surface area contributed by atoms with E-state index in [0.717, 1.165) is 0 Å². The van der Waals surface area contributed by atoms with Gasteiger partial charge in [-0.2, -0.15) is 0 Å². The van der Waals surface area contributed by atoms with Crippen LogP contribution in [0, 0.1) is 4.77 Å². The van der Waals surface area contributed by atoms with Gasteiger partial charge in [-0.25, -0.2) is 4.98 Å². The molecular weight excluding hydrogens is 208 g/mol. The SMILES string of the molecule is CNc1nc2c(=O)[nH]c(=S)[nH]c2s1. The smallest absolute Gasteiger partial charge is 0.279 e. The van der Waals surface area contributed by atoms with E-state index in [1.165, 1.54) is 11.3 Å². The molecule has 0 aliphatic carbocycles. The fraction of sp³-hybridized carbons (Fsp3) is 0.167. The summed E-state index contributed by atoms with van der Waals surface area (Å²) in [6, 6.07) is 0. The number of nitrogens with zero attached hydrogens (tertiary/aromatic N) is 1. The van der Waals surface area contributed by atoms with Crippen LogP contribution in [0.5, 0.6) is 0 Å². The van der Waals surface area contributed by atoms with Crippen molar-refractivity contribution in [3.05, 3.63) is 15.1 Å². The molecule has 2 rings (SSSR count). The third-order valence-corrected chi connectivity index (χ3v) is 2.70. The maximum atomic E-state index is 11.3. The van der Waals surface area contributed by atoms with Gasteiger partial charge in [-0.1, -0.05) is 11.3 Å². The van der Waals surface area contributed by atoms with Gasteiger partial charge in [0.2, 0.25) is 0 Å². The third-order valence-electron chi connectivity index (χ3n) is 1.51. The summed E-state index contributed by atoms with van der Waals surface area (Å²) in [4.78, 5) is 21.4. The van der Waals surface area contributed by atoms with Crippen LogP contribution in [-0.4, -0.2) is 22.0 Å². The van der Waals surface area contributed by atoms with Crippen LogP contribution in [0.15, 0.2) is 4.79 Å². The molecule has 2 aromatic rings. The molecule has 0 aliphatic rings. The number of fused-ring (bicyclic) bond motifs is 1. The lowest BCUT2D eigenvalue weighted by Gasteiger charge is -1.84. The van der Waals surface area contributed by atoms with E-state index in [1.54, 1.807) is 7.05 Å². The Morgan fingerprint density at radius 3 is 3.00 bits per heavy atom. The summed E-state index contributed by atoms with van der Waals surface area (Å²) < 4.78 is 0.323. The van der Waals surface area contributed by atoms with E-state index < -0.39 is 0 Å². The molecule has 0 bridgehead atoms. The van der Waals surface area contributed by atoms with Gasteiger partial charge < -0.3 is 10.3 Å². The molecule has 0 aromatic carbocycles. The minimum absolute atomic E-state index is 0.253. The Balaban J connectivity index is 2.91. The zero-order valence-electron chi connectivity index (χ0n) is 6.67. The Hall–Kier alpha value is -1.21. The molecule has 2 aromatic heterocycles. The molecule has 3 N–H and O–H groups in total. The van der Waals surface area contributed by atoms with Crippen molar-refractivity contribution in [2.75, 3.05) is 12.4 Å². The Morgan fingerprint density at radius 1 is 1.54 bits per heavy atom. The predicted molar refractivity (Wildman–Crippen MR) is 55.0 cm³/mol. The number of H-pyrrole nitrogens is 2. The third kappa shape index (κ3) is 1.36. The molecule has 0 saturated carbocycles. The van der Waals surface area contributed by atoms with Gasteiger partial charge in [-0.15, -0.1) is 0 Å². The Kier molecular flexibility index (Phi) is 1.89. The molecule has 0 amide bonds. The van der Waals surface area contributed by atoms with Crippen LogP contribution in [0.3, 0.4) is 0 Å². The second kappa shape index (κ2) is 2.93. The van der Waals surface area contributed by atoms with Crippen molar-refractivity contribution in [2.45, 2.75) is 0 Å². The number of rotatable bonds is 1. The number of hydrogen-bond acceptors (Lipinski definition) is 5. The largest absolute Gasteiger partial charge is 0.365 e. The molecule has 68 valence electrons. The van der Waals surface area contributed by atoms with E-state index in [9.17, 15) is 4.79 Å². The lowest BCUT2D eigenvalue weighted by atomic mass is 10.6. The van der Waals surface area contributed by atoms with Gasteiger partial charge in [0.25, 0.3) is 5.56 Å². The molecule has 0 atom stereocenters. The summed E-state index contributed by atoms with van der Waals surface area (Å²) in [6.45, 7) is 0. The van der Waals surface area contributed by atoms with Gasteiger partial charge >= 0.3 is 0 Å². The van der Waals surface area contributed by atoms with E-state index in [4.69, 9.17) is 12.2 Å². The second-order valence-corrected chi connectivity index (χ2v) is 3.76. The minimum atomic E-state index is -0.253. The minimum Gasteiger partial charge on any atom is -0.365 e. The van der Waals surface area contributed by atoms with Crippen molar-refractivity contribution < 1.29 is 0 Å². The molecule has 0 unspecified atom stereocenters. The quantitative estimate of drug-likeness (QED) is 0.621. The van der Waals surface area contributed by atoms with Crippen molar-refractivity contribution in [3.8, 4) is 0 Å². The summed E-state index contributed by atoms with van der Waals surface area (Å²) in [5.74, 6) is 0. The summed E-state index contributed by atoms with van der Waals surface area (Å²) in [5, 5.41) is 3.56. The van der Waals surface area contributed by atoms with Crippen LogP contribution in [0.4, 0.5) is 5.13 Å². The average Bonchev–Trinajstić information content (AvgIpc) is 2.47. The summed E-state index contributed by atoms with van der Waals surface area (Å²) >= 11 is 6.18. The van der Waals surface area contributed by atoms with Gasteiger partial charge in [0.15, 0.2) is 15.4 Å². The topological polar surface area (TPSA) is 73.6 Å². The van der Waals surface area contributed by atoms with Crippen molar-refractivity contribution in [1.29, 1.82) is 0 Å². The zero-order chi connectivity index (χ0) is 9.42. The Morgan fingerprint density at radius 2 is 2.31 bits per heavy atom. The van der Waals surface area contributed by atoms with Gasteiger partial charge in [-0.3, -0.25) is 9.78 Å². The van der Waals surface area contributed by atoms with E-state index in [2.05, 4.69) is 20.3 Å². The predicted octanol–water partition coefficient (Wildman–Crippen LogP) is 1.08. The molecule has 0 aliphatic heterocycles. The standard InChI is InChI=1S/C6H6N4OS2/c1-7-6-8-2-3(11)9-5(12)10-4(2)13-6/h1H3,(H,7,8)(H2,9,10,11,12). The lowest BCUT2D eigenvalue weighted by Crippen LogP contribution is -2.07. The van der Waals surface area contributed by atoms with E-state index in [0.29, 0.717) is 20.2 Å². The van der Waals surface area contributed by atoms with Crippen LogP contribution in [-0.2, 0) is 0 Å². The fourth-order valence-electron chi connectivity index (χ4n) is 0.962. The maximum absolute atomic E-state index is 11.3. The molecule has 0 spiro atoms.